The van der Waals surface area contributed by atoms with E-state index >= 15 is 0 Å². The van der Waals surface area contributed by atoms with E-state index in [1.165, 1.54) is 6.42 Å². The first-order chi connectivity index (χ1) is 9.12. The molecule has 0 heterocycles. The molecule has 2 rings (SSSR count). The van der Waals surface area contributed by atoms with Crippen molar-refractivity contribution >= 4 is 0 Å². The molecule has 106 valence electrons. The highest BCUT2D eigenvalue weighted by molar-refractivity contribution is 5.40. The van der Waals surface area contributed by atoms with E-state index in [2.05, 4.69) is 13.8 Å². The molecular formula is C16H24O3. The molecule has 0 aliphatic heterocycles. The predicted octanol–water partition coefficient (Wildman–Crippen LogP) is 3.39. The molecule has 0 amide bonds. The van der Waals surface area contributed by atoms with Crippen LogP contribution >= 0.6 is 0 Å². The minimum atomic E-state index is -0.00282. The third-order valence-corrected chi connectivity index (χ3v) is 3.87. The quantitative estimate of drug-likeness (QED) is 0.906. The van der Waals surface area contributed by atoms with E-state index in [0.29, 0.717) is 11.8 Å². The van der Waals surface area contributed by atoms with Crippen molar-refractivity contribution < 1.29 is 14.6 Å². The summed E-state index contributed by atoms with van der Waals surface area (Å²) in [4.78, 5) is 0. The molecule has 0 spiro atoms. The lowest BCUT2D eigenvalue weighted by molar-refractivity contribution is 0.0982. The lowest BCUT2D eigenvalue weighted by Gasteiger charge is -2.32. The summed E-state index contributed by atoms with van der Waals surface area (Å²) in [6, 6.07) is 5.59. The minimum Gasteiger partial charge on any atom is -0.497 e. The van der Waals surface area contributed by atoms with Crippen molar-refractivity contribution in [1.29, 1.82) is 0 Å². The summed E-state index contributed by atoms with van der Waals surface area (Å²) in [6.07, 6.45) is 3.71. The van der Waals surface area contributed by atoms with Crippen molar-refractivity contribution in [3.63, 3.8) is 0 Å². The molecule has 2 unspecified atom stereocenters. The summed E-state index contributed by atoms with van der Waals surface area (Å²) in [6.45, 7) is 4.56. The zero-order valence-corrected chi connectivity index (χ0v) is 12.1. The second kappa shape index (κ2) is 6.29. The molecule has 1 aromatic rings. The van der Waals surface area contributed by atoms with Gasteiger partial charge in [-0.2, -0.15) is 0 Å². The first kappa shape index (κ1) is 14.2. The standard InChI is InChI=1S/C16H24O3/c1-11-6-12(2)8-15(7-11)19-16-9-14(18-3)5-4-13(16)10-17/h4-5,9,11-12,15,17H,6-8,10H2,1-3H3. The van der Waals surface area contributed by atoms with Crippen LogP contribution in [0.25, 0.3) is 0 Å². The molecular weight excluding hydrogens is 240 g/mol. The fourth-order valence-corrected chi connectivity index (χ4v) is 3.05. The molecule has 1 aliphatic rings. The summed E-state index contributed by atoms with van der Waals surface area (Å²) >= 11 is 0. The fraction of sp³-hybridized carbons (Fsp3) is 0.625. The summed E-state index contributed by atoms with van der Waals surface area (Å²) in [5.74, 6) is 2.94. The average molecular weight is 264 g/mol. The molecule has 1 aliphatic carbocycles. The van der Waals surface area contributed by atoms with E-state index in [0.717, 1.165) is 29.9 Å². The maximum atomic E-state index is 9.39. The Hall–Kier alpha value is -1.22. The van der Waals surface area contributed by atoms with Gasteiger partial charge in [-0.25, -0.2) is 0 Å². The number of rotatable bonds is 4. The molecule has 1 N–H and O–H groups in total. The molecule has 0 bridgehead atoms. The number of hydrogen-bond acceptors (Lipinski definition) is 3. The normalized spacial score (nSPS) is 27.1. The monoisotopic (exact) mass is 264 g/mol. The van der Waals surface area contributed by atoms with Gasteiger partial charge in [0.05, 0.1) is 19.8 Å². The second-order valence-corrected chi connectivity index (χ2v) is 5.79. The highest BCUT2D eigenvalue weighted by Crippen LogP contribution is 2.33. The van der Waals surface area contributed by atoms with Gasteiger partial charge in [-0.05, 0) is 43.2 Å². The van der Waals surface area contributed by atoms with Crippen molar-refractivity contribution in [1.82, 2.24) is 0 Å². The molecule has 0 aromatic heterocycles. The lowest BCUT2D eigenvalue weighted by Crippen LogP contribution is -2.28. The Morgan fingerprint density at radius 2 is 1.84 bits per heavy atom. The third kappa shape index (κ3) is 3.63. The largest absolute Gasteiger partial charge is 0.497 e. The van der Waals surface area contributed by atoms with Crippen LogP contribution in [0.2, 0.25) is 0 Å². The van der Waals surface area contributed by atoms with Crippen molar-refractivity contribution in [2.24, 2.45) is 11.8 Å². The van der Waals surface area contributed by atoms with Gasteiger partial charge < -0.3 is 14.6 Å². The van der Waals surface area contributed by atoms with Crippen molar-refractivity contribution in [3.05, 3.63) is 23.8 Å². The summed E-state index contributed by atoms with van der Waals surface area (Å²) in [5.41, 5.74) is 0.826. The van der Waals surface area contributed by atoms with Gasteiger partial charge in [-0.1, -0.05) is 13.8 Å². The minimum absolute atomic E-state index is 0.00282. The van der Waals surface area contributed by atoms with E-state index in [1.807, 2.05) is 18.2 Å². The van der Waals surface area contributed by atoms with Gasteiger partial charge >= 0.3 is 0 Å². The van der Waals surface area contributed by atoms with Gasteiger partial charge in [0, 0.05) is 11.6 Å². The number of aliphatic hydroxyl groups is 1. The van der Waals surface area contributed by atoms with Gasteiger partial charge in [0.25, 0.3) is 0 Å². The van der Waals surface area contributed by atoms with Crippen LogP contribution < -0.4 is 9.47 Å². The Morgan fingerprint density at radius 1 is 1.16 bits per heavy atom. The number of benzene rings is 1. The molecule has 1 saturated carbocycles. The molecule has 3 nitrogen and oxygen atoms in total. The Balaban J connectivity index is 2.12. The Labute approximate surface area is 115 Å². The van der Waals surface area contributed by atoms with Gasteiger partial charge in [0.15, 0.2) is 0 Å². The zero-order valence-electron chi connectivity index (χ0n) is 12.1. The first-order valence-electron chi connectivity index (χ1n) is 7.06. The van der Waals surface area contributed by atoms with Crippen LogP contribution in [0.5, 0.6) is 11.5 Å². The van der Waals surface area contributed by atoms with Gasteiger partial charge in [-0.15, -0.1) is 0 Å². The number of methoxy groups -OCH3 is 1. The number of ether oxygens (including phenoxy) is 2. The summed E-state index contributed by atoms with van der Waals surface area (Å²) < 4.78 is 11.3. The van der Waals surface area contributed by atoms with Gasteiger partial charge in [0.1, 0.15) is 11.5 Å². The predicted molar refractivity (Wildman–Crippen MR) is 75.5 cm³/mol. The van der Waals surface area contributed by atoms with Crippen molar-refractivity contribution in [2.45, 2.75) is 45.8 Å². The van der Waals surface area contributed by atoms with Gasteiger partial charge in [0.2, 0.25) is 0 Å². The number of aliphatic hydroxyl groups excluding tert-OH is 1. The van der Waals surface area contributed by atoms with Crippen molar-refractivity contribution in [2.75, 3.05) is 7.11 Å². The summed E-state index contributed by atoms with van der Waals surface area (Å²) in [5, 5.41) is 9.39. The Morgan fingerprint density at radius 3 is 2.42 bits per heavy atom. The van der Waals surface area contributed by atoms with Crippen LogP contribution in [0.3, 0.4) is 0 Å². The average Bonchev–Trinajstić information content (AvgIpc) is 2.37. The Bertz CT molecular complexity index is 406. The van der Waals surface area contributed by atoms with Crippen LogP contribution in [-0.2, 0) is 6.61 Å². The highest BCUT2D eigenvalue weighted by atomic mass is 16.5. The topological polar surface area (TPSA) is 38.7 Å². The smallest absolute Gasteiger partial charge is 0.128 e. The van der Waals surface area contributed by atoms with Crippen molar-refractivity contribution in [3.8, 4) is 11.5 Å². The third-order valence-electron chi connectivity index (χ3n) is 3.87. The molecule has 1 aromatic carbocycles. The summed E-state index contributed by atoms with van der Waals surface area (Å²) in [7, 11) is 1.64. The van der Waals surface area contributed by atoms with Crippen LogP contribution in [0.4, 0.5) is 0 Å². The van der Waals surface area contributed by atoms with Crippen LogP contribution in [0.1, 0.15) is 38.7 Å². The number of hydrogen-bond donors (Lipinski definition) is 1. The van der Waals surface area contributed by atoms with E-state index in [9.17, 15) is 5.11 Å². The van der Waals surface area contributed by atoms with E-state index in [-0.39, 0.29) is 12.7 Å². The van der Waals surface area contributed by atoms with E-state index in [4.69, 9.17) is 9.47 Å². The second-order valence-electron chi connectivity index (χ2n) is 5.79. The van der Waals surface area contributed by atoms with E-state index < -0.39 is 0 Å². The van der Waals surface area contributed by atoms with Crippen LogP contribution in [0, 0.1) is 11.8 Å². The molecule has 2 atom stereocenters. The lowest BCUT2D eigenvalue weighted by atomic mass is 9.82. The maximum Gasteiger partial charge on any atom is 0.128 e. The van der Waals surface area contributed by atoms with Crippen LogP contribution in [-0.4, -0.2) is 18.3 Å². The van der Waals surface area contributed by atoms with Gasteiger partial charge in [-0.3, -0.25) is 0 Å². The van der Waals surface area contributed by atoms with E-state index in [1.54, 1.807) is 7.11 Å². The molecule has 3 heteroatoms. The highest BCUT2D eigenvalue weighted by Gasteiger charge is 2.25. The molecule has 1 fully saturated rings. The fourth-order valence-electron chi connectivity index (χ4n) is 3.05. The maximum absolute atomic E-state index is 9.39. The molecule has 0 radical (unpaired) electrons. The molecule has 0 saturated heterocycles. The van der Waals surface area contributed by atoms with Crippen LogP contribution in [0.15, 0.2) is 18.2 Å². The zero-order chi connectivity index (χ0) is 13.8. The SMILES string of the molecule is COc1ccc(CO)c(OC2CC(C)CC(C)C2)c1. The molecule has 19 heavy (non-hydrogen) atoms. The first-order valence-corrected chi connectivity index (χ1v) is 7.06. The Kier molecular flexibility index (Phi) is 4.70.